The molecule has 0 saturated carbocycles. The average molecular weight is 528 g/mol. The summed E-state index contributed by atoms with van der Waals surface area (Å²) < 4.78 is 40.7. The summed E-state index contributed by atoms with van der Waals surface area (Å²) in [6.07, 6.45) is 0.350. The van der Waals surface area contributed by atoms with Gasteiger partial charge < -0.3 is 27.6 Å². The van der Waals surface area contributed by atoms with Crippen LogP contribution in [-0.2, 0) is 21.0 Å². The van der Waals surface area contributed by atoms with Gasteiger partial charge in [-0.25, -0.2) is 33.9 Å². The first-order chi connectivity index (χ1) is 16.6. The number of sulfonamides is 1. The molecule has 0 spiro atoms. The van der Waals surface area contributed by atoms with Crippen molar-refractivity contribution in [3.8, 4) is 11.1 Å². The minimum atomic E-state index is -4.52. The molecule has 14 N–H and O–H groups in total. The van der Waals surface area contributed by atoms with Crippen molar-refractivity contribution in [3.63, 3.8) is 0 Å². The van der Waals surface area contributed by atoms with E-state index in [0.29, 0.717) is 6.42 Å². The minimum Gasteiger partial charge on any atom is -0.398 e. The van der Waals surface area contributed by atoms with E-state index >= 15 is 0 Å². The van der Waals surface area contributed by atoms with E-state index in [1.54, 1.807) is 0 Å². The van der Waals surface area contributed by atoms with Crippen LogP contribution in [0, 0.1) is 0 Å². The first kappa shape index (κ1) is 28.1. The summed E-state index contributed by atoms with van der Waals surface area (Å²) in [6, 6.07) is 7.27. The number of nitrogens with one attached hydrogen (secondary N) is 3. The van der Waals surface area contributed by atoms with Crippen molar-refractivity contribution in [3.05, 3.63) is 41.5 Å². The van der Waals surface area contributed by atoms with Gasteiger partial charge in [-0.3, -0.25) is 4.79 Å². The lowest BCUT2D eigenvalue weighted by molar-refractivity contribution is 0.0952. The minimum absolute atomic E-state index is 0.0132. The lowest BCUT2D eigenvalue weighted by Gasteiger charge is -2.19. The number of rotatable bonds is 12. The maximum atomic E-state index is 12.8. The Labute approximate surface area is 204 Å². The number of amidine groups is 1. The van der Waals surface area contributed by atoms with Crippen LogP contribution in [0.25, 0.3) is 11.1 Å². The second-order valence-electron chi connectivity index (χ2n) is 7.04. The fourth-order valence-electron chi connectivity index (χ4n) is 3.20. The van der Waals surface area contributed by atoms with E-state index < -0.39 is 31.8 Å². The summed E-state index contributed by atoms with van der Waals surface area (Å²) in [7, 11) is -6.55. The van der Waals surface area contributed by atoms with Crippen LogP contribution < -0.4 is 43.8 Å². The van der Waals surface area contributed by atoms with Gasteiger partial charge in [-0.1, -0.05) is 18.2 Å². The van der Waals surface area contributed by atoms with Gasteiger partial charge in [0, 0.05) is 37.4 Å². The number of para-hydroxylation sites is 1. The Morgan fingerprint density at radius 3 is 2.46 bits per heavy atom. The highest BCUT2D eigenvalue weighted by Crippen LogP contribution is 2.36. The molecule has 0 aliphatic rings. The van der Waals surface area contributed by atoms with Crippen molar-refractivity contribution < 1.29 is 22.5 Å². The summed E-state index contributed by atoms with van der Waals surface area (Å²) in [4.78, 5) is 11.8. The van der Waals surface area contributed by atoms with E-state index in [4.69, 9.17) is 33.3 Å². The standard InChI is InChI=1S/C19H29N9O5S2/c20-7-9-26-34(31)14-6-5-11(15(18(22)27-28-23)17(14)35(24,32)33)12-3-1-4-13(16(12)21)19(30)25-8-2-10-29/h1,3-6,26,28-29H,2,7-10,20-21,23H2,(H2,22,27)(H,25,30)(H2,24,32,33). The molecule has 1 atom stereocenters. The summed E-state index contributed by atoms with van der Waals surface area (Å²) in [5, 5.41) is 20.7. The molecule has 0 heterocycles. The van der Waals surface area contributed by atoms with Crippen LogP contribution in [0.15, 0.2) is 45.2 Å². The molecular weight excluding hydrogens is 498 g/mol. The van der Waals surface area contributed by atoms with Crippen LogP contribution in [0.4, 0.5) is 5.69 Å². The second-order valence-corrected chi connectivity index (χ2v) is 9.80. The number of nitrogens with zero attached hydrogens (tertiary/aromatic N) is 1. The monoisotopic (exact) mass is 527 g/mol. The second kappa shape index (κ2) is 12.5. The topological polar surface area (TPSA) is 267 Å². The number of hydrogen-bond acceptors (Lipinski definition) is 10. The Bertz CT molecular complexity index is 1240. The number of aliphatic hydroxyl groups is 1. The van der Waals surface area contributed by atoms with Crippen LogP contribution in [0.2, 0.25) is 0 Å². The Morgan fingerprint density at radius 2 is 1.86 bits per heavy atom. The molecule has 16 heteroatoms. The number of carbonyl (C=O) groups is 1. The van der Waals surface area contributed by atoms with Crippen LogP contribution in [0.3, 0.4) is 0 Å². The van der Waals surface area contributed by atoms with Crippen molar-refractivity contribution in [2.45, 2.75) is 16.2 Å². The summed E-state index contributed by atoms with van der Waals surface area (Å²) >= 11 is 0. The molecule has 14 nitrogen and oxygen atoms in total. The zero-order chi connectivity index (χ0) is 26.2. The van der Waals surface area contributed by atoms with Gasteiger partial charge in [0.1, 0.15) is 15.9 Å². The number of hydrazine groups is 1. The smallest absolute Gasteiger partial charge is 0.253 e. The van der Waals surface area contributed by atoms with E-state index in [0.717, 1.165) is 0 Å². The molecule has 0 aliphatic heterocycles. The highest BCUT2D eigenvalue weighted by molar-refractivity contribution is 7.90. The third-order valence-corrected chi connectivity index (χ3v) is 7.01. The zero-order valence-corrected chi connectivity index (χ0v) is 20.3. The molecule has 0 aliphatic carbocycles. The first-order valence-electron chi connectivity index (χ1n) is 10.2. The van der Waals surface area contributed by atoms with E-state index in [1.165, 1.54) is 30.3 Å². The van der Waals surface area contributed by atoms with Gasteiger partial charge in [0.05, 0.1) is 16.1 Å². The number of hydrazone groups is 1. The van der Waals surface area contributed by atoms with Crippen molar-refractivity contribution >= 4 is 38.4 Å². The molecule has 1 unspecified atom stereocenters. The van der Waals surface area contributed by atoms with Gasteiger partial charge in [-0.2, -0.15) is 0 Å². The Kier molecular flexibility index (Phi) is 10.1. The van der Waals surface area contributed by atoms with Gasteiger partial charge in [0.2, 0.25) is 10.0 Å². The normalized spacial score (nSPS) is 12.9. The fraction of sp³-hybridized carbons (Fsp3) is 0.263. The SMILES string of the molecule is NCCNS(=O)c1ccc(-c2cccc(C(=O)NCCCO)c2N)c(/C(N)=N/NN)c1S(N)(=O)=O. The van der Waals surface area contributed by atoms with Gasteiger partial charge in [-0.15, -0.1) is 5.10 Å². The number of nitrogen functional groups attached to an aromatic ring is 1. The molecule has 0 fully saturated rings. The molecule has 0 aromatic heterocycles. The highest BCUT2D eigenvalue weighted by atomic mass is 32.2. The van der Waals surface area contributed by atoms with Crippen LogP contribution in [0.5, 0.6) is 0 Å². The fourth-order valence-corrected chi connectivity index (χ4v) is 5.54. The number of carbonyl (C=O) groups excluding carboxylic acids is 1. The number of amides is 1. The number of anilines is 1. The van der Waals surface area contributed by atoms with Gasteiger partial charge in [-0.05, 0) is 24.1 Å². The molecule has 0 saturated heterocycles. The van der Waals surface area contributed by atoms with Crippen molar-refractivity contribution in [2.75, 3.05) is 32.0 Å². The molecule has 192 valence electrons. The number of hydrogen-bond donors (Lipinski definition) is 9. The summed E-state index contributed by atoms with van der Waals surface area (Å²) in [5.74, 6) is 4.36. The Balaban J connectivity index is 2.83. The molecule has 2 aromatic carbocycles. The molecular formula is C19H29N9O5S2. The van der Waals surface area contributed by atoms with Gasteiger partial charge >= 0.3 is 0 Å². The van der Waals surface area contributed by atoms with Crippen molar-refractivity contribution in [2.24, 2.45) is 27.6 Å². The average Bonchev–Trinajstić information content (AvgIpc) is 2.81. The van der Waals surface area contributed by atoms with Gasteiger partial charge in [0.25, 0.3) is 5.91 Å². The number of aliphatic hydroxyl groups excluding tert-OH is 1. The van der Waals surface area contributed by atoms with Crippen molar-refractivity contribution in [1.29, 1.82) is 0 Å². The molecule has 0 bridgehead atoms. The molecule has 2 rings (SSSR count). The van der Waals surface area contributed by atoms with Gasteiger partial charge in [0.15, 0.2) is 5.84 Å². The molecule has 2 aromatic rings. The van der Waals surface area contributed by atoms with Crippen LogP contribution >= 0.6 is 0 Å². The number of nitrogens with two attached hydrogens (primary N) is 5. The largest absolute Gasteiger partial charge is 0.398 e. The number of benzene rings is 2. The van der Waals surface area contributed by atoms with Crippen LogP contribution in [-0.4, -0.2) is 55.7 Å². The third kappa shape index (κ3) is 6.73. The van der Waals surface area contributed by atoms with Crippen LogP contribution in [0.1, 0.15) is 22.3 Å². The molecule has 0 radical (unpaired) electrons. The summed E-state index contributed by atoms with van der Waals surface area (Å²) in [5.41, 5.74) is 20.0. The highest BCUT2D eigenvalue weighted by Gasteiger charge is 2.29. The lowest BCUT2D eigenvalue weighted by atomic mass is 9.95. The lowest BCUT2D eigenvalue weighted by Crippen LogP contribution is -2.30. The predicted molar refractivity (Wildman–Crippen MR) is 133 cm³/mol. The van der Waals surface area contributed by atoms with Crippen molar-refractivity contribution in [1.82, 2.24) is 15.6 Å². The maximum Gasteiger partial charge on any atom is 0.253 e. The third-order valence-electron chi connectivity index (χ3n) is 4.69. The van der Waals surface area contributed by atoms with E-state index in [-0.39, 0.29) is 64.9 Å². The maximum absolute atomic E-state index is 12.8. The predicted octanol–water partition coefficient (Wildman–Crippen LogP) is -2.65. The molecule has 35 heavy (non-hydrogen) atoms. The van der Waals surface area contributed by atoms with E-state index in [2.05, 4.69) is 15.1 Å². The van der Waals surface area contributed by atoms with E-state index in [9.17, 15) is 17.4 Å². The molecule has 1 amide bonds. The zero-order valence-electron chi connectivity index (χ0n) is 18.7. The number of primary sulfonamides is 1. The Morgan fingerprint density at radius 1 is 1.14 bits per heavy atom. The Hall–Kier alpha value is -3.12. The summed E-state index contributed by atoms with van der Waals surface area (Å²) in [6.45, 7) is 0.392. The quantitative estimate of drug-likeness (QED) is 0.0345. The van der Waals surface area contributed by atoms with E-state index in [1.807, 2.05) is 5.53 Å². The first-order valence-corrected chi connectivity index (χ1v) is 12.9.